The van der Waals surface area contributed by atoms with Gasteiger partial charge in [-0.2, -0.15) is 0 Å². The standard InChI is InChI=1S/C17H15N5O2/c1-11-10-15(21-24-11)18-17(23)13-6-7-16(20-19-13)22-9-8-12-4-2-3-5-14(12)22/h2-7,10H,8-9H2,1H3,(H,18,21,23). The molecule has 24 heavy (non-hydrogen) atoms. The molecule has 120 valence electrons. The molecule has 3 heterocycles. The summed E-state index contributed by atoms with van der Waals surface area (Å²) >= 11 is 0. The molecule has 7 nitrogen and oxygen atoms in total. The highest BCUT2D eigenvalue weighted by molar-refractivity contribution is 6.02. The smallest absolute Gasteiger partial charge is 0.277 e. The molecule has 3 aromatic rings. The molecule has 0 bridgehead atoms. The molecule has 1 aliphatic heterocycles. The third-order valence-electron chi connectivity index (χ3n) is 3.92. The fourth-order valence-electron chi connectivity index (χ4n) is 2.77. The van der Waals surface area contributed by atoms with Crippen molar-refractivity contribution < 1.29 is 9.32 Å². The van der Waals surface area contributed by atoms with Gasteiger partial charge in [-0.3, -0.25) is 4.79 Å². The number of hydrogen-bond donors (Lipinski definition) is 1. The Kier molecular flexibility index (Phi) is 3.45. The molecule has 0 aliphatic carbocycles. The Hall–Kier alpha value is -3.22. The van der Waals surface area contributed by atoms with Crippen LogP contribution in [0.2, 0.25) is 0 Å². The van der Waals surface area contributed by atoms with Gasteiger partial charge in [-0.1, -0.05) is 23.4 Å². The van der Waals surface area contributed by atoms with Crippen molar-refractivity contribution in [1.82, 2.24) is 15.4 Å². The minimum Gasteiger partial charge on any atom is -0.360 e. The summed E-state index contributed by atoms with van der Waals surface area (Å²) in [7, 11) is 0. The number of benzene rings is 1. The van der Waals surface area contributed by atoms with Crippen molar-refractivity contribution in [3.8, 4) is 0 Å². The Morgan fingerprint density at radius 1 is 1.21 bits per heavy atom. The van der Waals surface area contributed by atoms with Crippen molar-refractivity contribution in [1.29, 1.82) is 0 Å². The average Bonchev–Trinajstić information content (AvgIpc) is 3.21. The Morgan fingerprint density at radius 3 is 2.83 bits per heavy atom. The molecule has 4 rings (SSSR count). The van der Waals surface area contributed by atoms with Crippen LogP contribution in [-0.4, -0.2) is 27.8 Å². The van der Waals surface area contributed by atoms with Crippen LogP contribution in [0.1, 0.15) is 21.8 Å². The highest BCUT2D eigenvalue weighted by Crippen LogP contribution is 2.32. The van der Waals surface area contributed by atoms with E-state index in [0.717, 1.165) is 24.5 Å². The number of carbonyl (C=O) groups is 1. The molecule has 0 saturated heterocycles. The van der Waals surface area contributed by atoms with Gasteiger partial charge in [-0.25, -0.2) is 0 Å². The summed E-state index contributed by atoms with van der Waals surface area (Å²) in [5.74, 6) is 1.34. The lowest BCUT2D eigenvalue weighted by atomic mass is 10.2. The van der Waals surface area contributed by atoms with E-state index in [1.165, 1.54) is 5.56 Å². The number of aromatic nitrogens is 3. The van der Waals surface area contributed by atoms with Crippen LogP contribution in [0.25, 0.3) is 0 Å². The van der Waals surface area contributed by atoms with Crippen LogP contribution >= 0.6 is 0 Å². The summed E-state index contributed by atoms with van der Waals surface area (Å²) in [5.41, 5.74) is 2.66. The van der Waals surface area contributed by atoms with Crippen LogP contribution in [0.15, 0.2) is 47.0 Å². The lowest BCUT2D eigenvalue weighted by Crippen LogP contribution is -2.18. The second-order valence-electron chi connectivity index (χ2n) is 5.58. The molecule has 2 aromatic heterocycles. The second kappa shape index (κ2) is 5.77. The largest absolute Gasteiger partial charge is 0.360 e. The maximum atomic E-state index is 12.1. The first-order valence-corrected chi connectivity index (χ1v) is 7.64. The minimum absolute atomic E-state index is 0.229. The monoisotopic (exact) mass is 321 g/mol. The van der Waals surface area contributed by atoms with Crippen molar-refractivity contribution in [2.75, 3.05) is 16.8 Å². The summed E-state index contributed by atoms with van der Waals surface area (Å²) in [6.07, 6.45) is 0.978. The molecule has 0 unspecified atom stereocenters. The molecule has 1 aliphatic rings. The third-order valence-corrected chi connectivity index (χ3v) is 3.92. The van der Waals surface area contributed by atoms with E-state index in [9.17, 15) is 4.79 Å². The molecular formula is C17H15N5O2. The Morgan fingerprint density at radius 2 is 2.08 bits per heavy atom. The average molecular weight is 321 g/mol. The number of fused-ring (bicyclic) bond motifs is 1. The van der Waals surface area contributed by atoms with E-state index in [-0.39, 0.29) is 11.6 Å². The number of anilines is 3. The Bertz CT molecular complexity index is 888. The van der Waals surface area contributed by atoms with Crippen molar-refractivity contribution in [2.45, 2.75) is 13.3 Å². The van der Waals surface area contributed by atoms with Crippen LogP contribution < -0.4 is 10.2 Å². The van der Waals surface area contributed by atoms with E-state index in [1.54, 1.807) is 25.1 Å². The van der Waals surface area contributed by atoms with Gasteiger partial charge >= 0.3 is 0 Å². The van der Waals surface area contributed by atoms with Crippen LogP contribution in [0.4, 0.5) is 17.3 Å². The molecule has 0 spiro atoms. The molecule has 7 heteroatoms. The zero-order chi connectivity index (χ0) is 16.5. The van der Waals surface area contributed by atoms with Crippen molar-refractivity contribution in [2.24, 2.45) is 0 Å². The summed E-state index contributed by atoms with van der Waals surface area (Å²) in [4.78, 5) is 14.2. The van der Waals surface area contributed by atoms with Gasteiger partial charge in [-0.15, -0.1) is 10.2 Å². The highest BCUT2D eigenvalue weighted by atomic mass is 16.5. The first kappa shape index (κ1) is 14.4. The normalized spacial score (nSPS) is 13.0. The first-order valence-electron chi connectivity index (χ1n) is 7.64. The van der Waals surface area contributed by atoms with Crippen molar-refractivity contribution in [3.05, 3.63) is 59.5 Å². The van der Waals surface area contributed by atoms with Crippen LogP contribution in [-0.2, 0) is 6.42 Å². The zero-order valence-corrected chi connectivity index (χ0v) is 13.1. The SMILES string of the molecule is Cc1cc(NC(=O)c2ccc(N3CCc4ccccc43)nn2)no1. The molecule has 1 aromatic carbocycles. The van der Waals surface area contributed by atoms with Gasteiger partial charge in [0.15, 0.2) is 17.3 Å². The fourth-order valence-corrected chi connectivity index (χ4v) is 2.77. The Balaban J connectivity index is 1.52. The number of aryl methyl sites for hydroxylation is 1. The minimum atomic E-state index is -0.371. The van der Waals surface area contributed by atoms with E-state index in [1.807, 2.05) is 12.1 Å². The molecule has 1 N–H and O–H groups in total. The molecular weight excluding hydrogens is 306 g/mol. The summed E-state index contributed by atoms with van der Waals surface area (Å²) < 4.78 is 4.91. The van der Waals surface area contributed by atoms with Crippen molar-refractivity contribution in [3.63, 3.8) is 0 Å². The number of para-hydroxylation sites is 1. The summed E-state index contributed by atoms with van der Waals surface area (Å²) in [5, 5.41) is 14.6. The maximum Gasteiger partial charge on any atom is 0.277 e. The lowest BCUT2D eigenvalue weighted by Gasteiger charge is -2.17. The van der Waals surface area contributed by atoms with Gasteiger partial charge < -0.3 is 14.7 Å². The van der Waals surface area contributed by atoms with E-state index in [4.69, 9.17) is 4.52 Å². The third kappa shape index (κ3) is 2.60. The molecule has 0 saturated carbocycles. The quantitative estimate of drug-likeness (QED) is 0.798. The van der Waals surface area contributed by atoms with Crippen LogP contribution in [0, 0.1) is 6.92 Å². The van der Waals surface area contributed by atoms with Gasteiger partial charge in [0.1, 0.15) is 5.76 Å². The summed E-state index contributed by atoms with van der Waals surface area (Å²) in [6, 6.07) is 13.3. The topological polar surface area (TPSA) is 84.2 Å². The lowest BCUT2D eigenvalue weighted by molar-refractivity contribution is 0.102. The van der Waals surface area contributed by atoms with Crippen molar-refractivity contribution >= 4 is 23.2 Å². The Labute approximate surface area is 138 Å². The van der Waals surface area contributed by atoms with Gasteiger partial charge in [0.2, 0.25) is 0 Å². The zero-order valence-electron chi connectivity index (χ0n) is 13.1. The van der Waals surface area contributed by atoms with E-state index in [0.29, 0.717) is 11.6 Å². The van der Waals surface area contributed by atoms with Gasteiger partial charge in [0.05, 0.1) is 0 Å². The van der Waals surface area contributed by atoms with E-state index in [2.05, 4.69) is 37.7 Å². The molecule has 0 fully saturated rings. The molecule has 0 atom stereocenters. The number of rotatable bonds is 3. The van der Waals surface area contributed by atoms with Gasteiger partial charge in [0.25, 0.3) is 5.91 Å². The molecule has 1 amide bonds. The maximum absolute atomic E-state index is 12.1. The fraction of sp³-hybridized carbons (Fsp3) is 0.176. The number of hydrogen-bond acceptors (Lipinski definition) is 6. The van der Waals surface area contributed by atoms with E-state index >= 15 is 0 Å². The summed E-state index contributed by atoms with van der Waals surface area (Å²) in [6.45, 7) is 2.61. The van der Waals surface area contributed by atoms with Gasteiger partial charge in [-0.05, 0) is 37.1 Å². The second-order valence-corrected chi connectivity index (χ2v) is 5.58. The number of nitrogens with zero attached hydrogens (tertiary/aromatic N) is 4. The van der Waals surface area contributed by atoms with Crippen LogP contribution in [0.5, 0.6) is 0 Å². The predicted molar refractivity (Wildman–Crippen MR) is 88.4 cm³/mol. The van der Waals surface area contributed by atoms with E-state index < -0.39 is 0 Å². The number of nitrogens with one attached hydrogen (secondary N) is 1. The molecule has 0 radical (unpaired) electrons. The van der Waals surface area contributed by atoms with Crippen LogP contribution in [0.3, 0.4) is 0 Å². The highest BCUT2D eigenvalue weighted by Gasteiger charge is 2.21. The number of carbonyl (C=O) groups excluding carboxylic acids is 1. The van der Waals surface area contributed by atoms with Gasteiger partial charge in [0, 0.05) is 18.3 Å². The number of amides is 1. The predicted octanol–water partition coefficient (Wildman–Crippen LogP) is 2.72. The first-order chi connectivity index (χ1) is 11.7.